The summed E-state index contributed by atoms with van der Waals surface area (Å²) in [6.45, 7) is 3.44. The highest BCUT2D eigenvalue weighted by Gasteiger charge is 2.27. The number of hydrogen-bond donors (Lipinski definition) is 1. The summed E-state index contributed by atoms with van der Waals surface area (Å²) in [5, 5.41) is 2.92. The van der Waals surface area contributed by atoms with E-state index in [1.807, 2.05) is 25.1 Å². The molecule has 0 aliphatic carbocycles. The molecular weight excluding hydrogens is 274 g/mol. The molecule has 112 valence electrons. The maximum absolute atomic E-state index is 11.8. The van der Waals surface area contributed by atoms with Gasteiger partial charge in [-0.1, -0.05) is 30.3 Å². The lowest BCUT2D eigenvalue weighted by Gasteiger charge is -2.25. The van der Waals surface area contributed by atoms with Gasteiger partial charge in [-0.05, 0) is 19.0 Å². The van der Waals surface area contributed by atoms with Crippen LogP contribution in [0.5, 0.6) is 0 Å². The quantitative estimate of drug-likeness (QED) is 0.891. The van der Waals surface area contributed by atoms with E-state index in [-0.39, 0.29) is 18.3 Å². The van der Waals surface area contributed by atoms with Gasteiger partial charge in [0.2, 0.25) is 5.91 Å². The number of hydrogen-bond acceptors (Lipinski definition) is 3. The van der Waals surface area contributed by atoms with Crippen molar-refractivity contribution in [3.8, 4) is 0 Å². The highest BCUT2D eigenvalue weighted by molar-refractivity contribution is 5.85. The monoisotopic (exact) mass is 297 g/mol. The molecule has 1 heterocycles. The summed E-state index contributed by atoms with van der Waals surface area (Å²) in [6, 6.07) is 10.9. The highest BCUT2D eigenvalue weighted by atomic mass is 35.5. The predicted molar refractivity (Wildman–Crippen MR) is 84.1 cm³/mol. The van der Waals surface area contributed by atoms with Gasteiger partial charge in [0.25, 0.3) is 0 Å². The highest BCUT2D eigenvalue weighted by Crippen LogP contribution is 2.17. The molecule has 0 bridgehead atoms. The summed E-state index contributed by atoms with van der Waals surface area (Å²) >= 11 is 0. The lowest BCUT2D eigenvalue weighted by Crippen LogP contribution is -2.42. The first-order valence-corrected chi connectivity index (χ1v) is 6.87. The second kappa shape index (κ2) is 8.25. The molecule has 1 atom stereocenters. The number of halogens is 1. The molecule has 1 N–H and O–H groups in total. The van der Waals surface area contributed by atoms with E-state index in [1.54, 1.807) is 0 Å². The zero-order chi connectivity index (χ0) is 13.7. The number of rotatable bonds is 5. The van der Waals surface area contributed by atoms with E-state index in [0.29, 0.717) is 12.6 Å². The van der Waals surface area contributed by atoms with Gasteiger partial charge >= 0.3 is 0 Å². The van der Waals surface area contributed by atoms with Crippen molar-refractivity contribution in [2.75, 3.05) is 33.7 Å². The summed E-state index contributed by atoms with van der Waals surface area (Å²) < 4.78 is 0. The summed E-state index contributed by atoms with van der Waals surface area (Å²) in [5.41, 5.74) is 1.34. The van der Waals surface area contributed by atoms with Gasteiger partial charge in [0, 0.05) is 32.7 Å². The first-order valence-electron chi connectivity index (χ1n) is 6.87. The number of nitrogens with one attached hydrogen (secondary N) is 1. The summed E-state index contributed by atoms with van der Waals surface area (Å²) in [4.78, 5) is 16.2. The summed E-state index contributed by atoms with van der Waals surface area (Å²) in [7, 11) is 3.72. The van der Waals surface area contributed by atoms with Crippen molar-refractivity contribution < 1.29 is 4.79 Å². The average Bonchev–Trinajstić information content (AvgIpc) is 2.88. The minimum absolute atomic E-state index is 0. The van der Waals surface area contributed by atoms with E-state index in [2.05, 4.69) is 34.5 Å². The molecule has 1 unspecified atom stereocenters. The molecule has 2 rings (SSSR count). The maximum atomic E-state index is 11.8. The van der Waals surface area contributed by atoms with Gasteiger partial charge < -0.3 is 10.2 Å². The van der Waals surface area contributed by atoms with Crippen LogP contribution < -0.4 is 5.32 Å². The van der Waals surface area contributed by atoms with Crippen LogP contribution >= 0.6 is 12.4 Å². The van der Waals surface area contributed by atoms with Crippen LogP contribution in [0.15, 0.2) is 30.3 Å². The number of benzene rings is 1. The van der Waals surface area contributed by atoms with Crippen LogP contribution in [0.2, 0.25) is 0 Å². The van der Waals surface area contributed by atoms with Crippen LogP contribution in [0.1, 0.15) is 12.0 Å². The molecule has 1 aromatic carbocycles. The van der Waals surface area contributed by atoms with Crippen LogP contribution in [0, 0.1) is 0 Å². The van der Waals surface area contributed by atoms with E-state index in [9.17, 15) is 4.79 Å². The predicted octanol–water partition coefficient (Wildman–Crippen LogP) is 1.36. The second-order valence-electron chi connectivity index (χ2n) is 5.20. The van der Waals surface area contributed by atoms with Gasteiger partial charge in [-0.2, -0.15) is 0 Å². The molecule has 1 aliphatic rings. The smallest absolute Gasteiger partial charge is 0.236 e. The van der Waals surface area contributed by atoms with Gasteiger partial charge in [0.1, 0.15) is 0 Å². The maximum Gasteiger partial charge on any atom is 0.236 e. The third kappa shape index (κ3) is 4.47. The molecule has 0 spiro atoms. The summed E-state index contributed by atoms with van der Waals surface area (Å²) in [5.74, 6) is 0.175. The molecule has 4 nitrogen and oxygen atoms in total. The van der Waals surface area contributed by atoms with Crippen molar-refractivity contribution in [1.82, 2.24) is 15.1 Å². The Balaban J connectivity index is 0.00000200. The van der Waals surface area contributed by atoms with Crippen molar-refractivity contribution in [2.24, 2.45) is 0 Å². The van der Waals surface area contributed by atoms with E-state index < -0.39 is 0 Å². The van der Waals surface area contributed by atoms with Crippen molar-refractivity contribution in [3.63, 3.8) is 0 Å². The number of carbonyl (C=O) groups is 1. The standard InChI is InChI=1S/C15H23N3O.ClH/c1-16-10-15(19)17(2)14-8-9-18(12-14)11-13-6-4-3-5-7-13;/h3-7,14,16H,8-12H2,1-2H3;1H. The Morgan fingerprint density at radius 1 is 1.40 bits per heavy atom. The second-order valence-corrected chi connectivity index (χ2v) is 5.20. The van der Waals surface area contributed by atoms with Gasteiger partial charge in [-0.3, -0.25) is 9.69 Å². The third-order valence-corrected chi connectivity index (χ3v) is 3.77. The largest absolute Gasteiger partial charge is 0.340 e. The van der Waals surface area contributed by atoms with Crippen LogP contribution in [-0.2, 0) is 11.3 Å². The van der Waals surface area contributed by atoms with Gasteiger partial charge in [0.05, 0.1) is 6.54 Å². The van der Waals surface area contributed by atoms with Crippen LogP contribution in [0.4, 0.5) is 0 Å². The van der Waals surface area contributed by atoms with Crippen molar-refractivity contribution in [2.45, 2.75) is 19.0 Å². The third-order valence-electron chi connectivity index (χ3n) is 3.77. The Bertz CT molecular complexity index is 413. The lowest BCUT2D eigenvalue weighted by atomic mass is 10.2. The van der Waals surface area contributed by atoms with Crippen molar-refractivity contribution in [1.29, 1.82) is 0 Å². The molecule has 0 aromatic heterocycles. The Morgan fingerprint density at radius 3 is 2.75 bits per heavy atom. The first kappa shape index (κ1) is 17.0. The Kier molecular flexibility index (Phi) is 6.99. The zero-order valence-electron chi connectivity index (χ0n) is 12.2. The molecule has 20 heavy (non-hydrogen) atoms. The molecule has 5 heteroatoms. The molecule has 1 fully saturated rings. The van der Waals surface area contributed by atoms with E-state index in [4.69, 9.17) is 0 Å². The van der Waals surface area contributed by atoms with Gasteiger partial charge in [-0.25, -0.2) is 0 Å². The molecule has 1 amide bonds. The minimum atomic E-state index is 0. The number of carbonyl (C=O) groups excluding carboxylic acids is 1. The molecular formula is C15H24ClN3O. The fourth-order valence-electron chi connectivity index (χ4n) is 2.59. The fraction of sp³-hybridized carbons (Fsp3) is 0.533. The number of likely N-dealkylation sites (N-methyl/N-ethyl adjacent to an activating group) is 2. The molecule has 1 aromatic rings. The lowest BCUT2D eigenvalue weighted by molar-refractivity contribution is -0.130. The SMILES string of the molecule is CNCC(=O)N(C)C1CCN(Cc2ccccc2)C1.Cl. The number of likely N-dealkylation sites (tertiary alicyclic amines) is 1. The Labute approximate surface area is 127 Å². The van der Waals surface area contributed by atoms with Crippen LogP contribution in [0.3, 0.4) is 0 Å². The molecule has 0 saturated carbocycles. The fourth-order valence-corrected chi connectivity index (χ4v) is 2.59. The zero-order valence-corrected chi connectivity index (χ0v) is 13.0. The minimum Gasteiger partial charge on any atom is -0.340 e. The van der Waals surface area contributed by atoms with Gasteiger partial charge in [0.15, 0.2) is 0 Å². The Hall–Kier alpha value is -1.10. The molecule has 1 saturated heterocycles. The van der Waals surface area contributed by atoms with Crippen molar-refractivity contribution in [3.05, 3.63) is 35.9 Å². The number of nitrogens with zero attached hydrogens (tertiary/aromatic N) is 2. The number of amides is 1. The van der Waals surface area contributed by atoms with Gasteiger partial charge in [-0.15, -0.1) is 12.4 Å². The first-order chi connectivity index (χ1) is 9.20. The topological polar surface area (TPSA) is 35.6 Å². The van der Waals surface area contributed by atoms with Crippen LogP contribution in [0.25, 0.3) is 0 Å². The average molecular weight is 298 g/mol. The summed E-state index contributed by atoms with van der Waals surface area (Å²) in [6.07, 6.45) is 1.07. The van der Waals surface area contributed by atoms with Crippen LogP contribution in [-0.4, -0.2) is 55.5 Å². The normalized spacial score (nSPS) is 18.6. The van der Waals surface area contributed by atoms with Crippen molar-refractivity contribution >= 4 is 18.3 Å². The Morgan fingerprint density at radius 2 is 2.10 bits per heavy atom. The van der Waals surface area contributed by atoms with E-state index in [1.165, 1.54) is 5.56 Å². The molecule has 0 radical (unpaired) electrons. The molecule has 1 aliphatic heterocycles. The van der Waals surface area contributed by atoms with E-state index >= 15 is 0 Å². The van der Waals surface area contributed by atoms with E-state index in [0.717, 1.165) is 26.1 Å².